The predicted molar refractivity (Wildman–Crippen MR) is 56.1 cm³/mol. The third kappa shape index (κ3) is 2.65. The second-order valence-electron chi connectivity index (χ2n) is 2.45. The van der Waals surface area contributed by atoms with Crippen LogP contribution in [0.1, 0.15) is 0 Å². The average molecular weight is 284 g/mol. The van der Waals surface area contributed by atoms with Crippen LogP contribution in [0.5, 0.6) is 0 Å². The first kappa shape index (κ1) is 11.4. The Labute approximate surface area is 92.9 Å². The quantitative estimate of drug-likeness (QED) is 0.385. The van der Waals surface area contributed by atoms with Crippen molar-refractivity contribution >= 4 is 39.1 Å². The van der Waals surface area contributed by atoms with Crippen molar-refractivity contribution in [2.45, 2.75) is 0 Å². The summed E-state index contributed by atoms with van der Waals surface area (Å²) < 4.78 is 25.8. The highest BCUT2D eigenvalue weighted by Crippen LogP contribution is 2.27. The predicted octanol–water partition coefficient (Wildman–Crippen LogP) is 2.95. The van der Waals surface area contributed by atoms with E-state index in [1.807, 2.05) is 0 Å². The molecule has 14 heavy (non-hydrogen) atoms. The van der Waals surface area contributed by atoms with E-state index in [0.717, 1.165) is 12.1 Å². The smallest absolute Gasteiger partial charge is 0.161 e. The van der Waals surface area contributed by atoms with Crippen molar-refractivity contribution in [3.63, 3.8) is 0 Å². The first-order chi connectivity index (χ1) is 6.54. The molecular weight excluding hydrogens is 277 g/mol. The average Bonchev–Trinajstić information content (AvgIpc) is 2.14. The molecule has 0 spiro atoms. The molecule has 0 atom stereocenters. The molecule has 1 rings (SSSR count). The Morgan fingerprint density at radius 3 is 2.57 bits per heavy atom. The van der Waals surface area contributed by atoms with Gasteiger partial charge in [-0.1, -0.05) is 0 Å². The number of rotatable bonds is 2. The number of amidine groups is 1. The summed E-state index contributed by atoms with van der Waals surface area (Å²) in [5.41, 5.74) is 5.55. The zero-order chi connectivity index (χ0) is 10.7. The molecular formula is C8H6BrClF2N2. The second-order valence-corrected chi connectivity index (χ2v) is 3.58. The van der Waals surface area contributed by atoms with Crippen molar-refractivity contribution in [2.24, 2.45) is 10.7 Å². The van der Waals surface area contributed by atoms with Gasteiger partial charge in [0.1, 0.15) is 5.84 Å². The van der Waals surface area contributed by atoms with E-state index in [1.165, 1.54) is 0 Å². The molecule has 0 fully saturated rings. The van der Waals surface area contributed by atoms with E-state index in [0.29, 0.717) is 4.47 Å². The lowest BCUT2D eigenvalue weighted by molar-refractivity contribution is 0.508. The number of alkyl halides is 1. The molecule has 0 aliphatic rings. The number of benzene rings is 1. The van der Waals surface area contributed by atoms with E-state index in [1.54, 1.807) is 0 Å². The van der Waals surface area contributed by atoms with Crippen LogP contribution < -0.4 is 5.73 Å². The summed E-state index contributed by atoms with van der Waals surface area (Å²) in [6.45, 7) is 0. The molecule has 0 heterocycles. The van der Waals surface area contributed by atoms with E-state index in [-0.39, 0.29) is 17.4 Å². The molecule has 2 N–H and O–H groups in total. The topological polar surface area (TPSA) is 38.4 Å². The van der Waals surface area contributed by atoms with E-state index < -0.39 is 11.6 Å². The Balaban J connectivity index is 3.16. The second kappa shape index (κ2) is 4.70. The van der Waals surface area contributed by atoms with Crippen LogP contribution >= 0.6 is 27.5 Å². The monoisotopic (exact) mass is 282 g/mol. The van der Waals surface area contributed by atoms with Gasteiger partial charge in [-0.15, -0.1) is 11.6 Å². The molecule has 0 saturated heterocycles. The van der Waals surface area contributed by atoms with E-state index in [4.69, 9.17) is 17.3 Å². The standard InChI is InChI=1S/C8H6BrClF2N2/c9-4-1-5(11)6(12)2-7(4)14-8(13)3-10/h1-2H,3H2,(H2,13,14). The van der Waals surface area contributed by atoms with E-state index in [2.05, 4.69) is 20.9 Å². The minimum Gasteiger partial charge on any atom is -0.386 e. The lowest BCUT2D eigenvalue weighted by atomic mass is 10.3. The molecule has 76 valence electrons. The minimum absolute atomic E-state index is 0.0332. The maximum Gasteiger partial charge on any atom is 0.161 e. The summed E-state index contributed by atoms with van der Waals surface area (Å²) in [5.74, 6) is -1.75. The fourth-order valence-corrected chi connectivity index (χ4v) is 1.25. The number of halogens is 4. The highest BCUT2D eigenvalue weighted by atomic mass is 79.9. The number of nitrogens with zero attached hydrogens (tertiary/aromatic N) is 1. The van der Waals surface area contributed by atoms with Crippen molar-refractivity contribution in [3.8, 4) is 0 Å². The largest absolute Gasteiger partial charge is 0.386 e. The summed E-state index contributed by atoms with van der Waals surface area (Å²) in [6, 6.07) is 1.93. The van der Waals surface area contributed by atoms with Crippen LogP contribution in [0.3, 0.4) is 0 Å². The molecule has 0 aliphatic carbocycles. The van der Waals surface area contributed by atoms with Crippen LogP contribution in [-0.2, 0) is 0 Å². The van der Waals surface area contributed by atoms with Gasteiger partial charge >= 0.3 is 0 Å². The number of hydrogen-bond donors (Lipinski definition) is 1. The van der Waals surface area contributed by atoms with Crippen LogP contribution in [0.2, 0.25) is 0 Å². The van der Waals surface area contributed by atoms with Crippen molar-refractivity contribution in [1.82, 2.24) is 0 Å². The highest BCUT2D eigenvalue weighted by molar-refractivity contribution is 9.10. The molecule has 6 heteroatoms. The van der Waals surface area contributed by atoms with Crippen molar-refractivity contribution in [3.05, 3.63) is 28.2 Å². The number of hydrogen-bond acceptors (Lipinski definition) is 1. The van der Waals surface area contributed by atoms with Crippen molar-refractivity contribution in [2.75, 3.05) is 5.88 Å². The Morgan fingerprint density at radius 1 is 1.43 bits per heavy atom. The van der Waals surface area contributed by atoms with Crippen LogP contribution in [0.25, 0.3) is 0 Å². The zero-order valence-corrected chi connectivity index (χ0v) is 9.24. The summed E-state index contributed by atoms with van der Waals surface area (Å²) in [6.07, 6.45) is 0. The lowest BCUT2D eigenvalue weighted by Gasteiger charge is -2.01. The minimum atomic E-state index is -0.977. The Kier molecular flexibility index (Phi) is 3.83. The maximum atomic E-state index is 12.8. The van der Waals surface area contributed by atoms with Crippen LogP contribution in [0.4, 0.5) is 14.5 Å². The Bertz CT molecular complexity index is 382. The molecule has 0 unspecified atom stereocenters. The van der Waals surface area contributed by atoms with Crippen molar-refractivity contribution < 1.29 is 8.78 Å². The van der Waals surface area contributed by atoms with Gasteiger partial charge in [0.2, 0.25) is 0 Å². The first-order valence-corrected chi connectivity index (χ1v) is 4.91. The molecule has 0 radical (unpaired) electrons. The summed E-state index contributed by atoms with van der Waals surface area (Å²) in [4.78, 5) is 3.79. The fourth-order valence-electron chi connectivity index (χ4n) is 0.782. The summed E-state index contributed by atoms with van der Waals surface area (Å²) >= 11 is 8.41. The SMILES string of the molecule is NC(CCl)=Nc1cc(F)c(F)cc1Br. The fraction of sp³-hybridized carbons (Fsp3) is 0.125. The van der Waals surface area contributed by atoms with Gasteiger partial charge in [0.15, 0.2) is 11.6 Å². The molecule has 0 bridgehead atoms. The summed E-state index contributed by atoms with van der Waals surface area (Å²) in [5, 5.41) is 0. The Morgan fingerprint density at radius 2 is 2.00 bits per heavy atom. The highest BCUT2D eigenvalue weighted by Gasteiger charge is 2.07. The van der Waals surface area contributed by atoms with E-state index >= 15 is 0 Å². The molecule has 0 amide bonds. The lowest BCUT2D eigenvalue weighted by Crippen LogP contribution is -2.12. The molecule has 2 nitrogen and oxygen atoms in total. The molecule has 0 aromatic heterocycles. The van der Waals surface area contributed by atoms with Gasteiger partial charge < -0.3 is 5.73 Å². The van der Waals surface area contributed by atoms with Gasteiger partial charge in [-0.25, -0.2) is 13.8 Å². The summed E-state index contributed by atoms with van der Waals surface area (Å²) in [7, 11) is 0. The van der Waals surface area contributed by atoms with Crippen molar-refractivity contribution in [1.29, 1.82) is 0 Å². The maximum absolute atomic E-state index is 12.8. The number of aliphatic imine (C=N–C) groups is 1. The van der Waals surface area contributed by atoms with Crippen LogP contribution in [-0.4, -0.2) is 11.7 Å². The van der Waals surface area contributed by atoms with Gasteiger partial charge in [0.25, 0.3) is 0 Å². The van der Waals surface area contributed by atoms with Gasteiger partial charge in [-0.05, 0) is 22.0 Å². The van der Waals surface area contributed by atoms with E-state index in [9.17, 15) is 8.78 Å². The zero-order valence-electron chi connectivity index (χ0n) is 6.90. The van der Waals surface area contributed by atoms with Crippen LogP contribution in [0, 0.1) is 11.6 Å². The third-order valence-electron chi connectivity index (χ3n) is 1.39. The van der Waals surface area contributed by atoms with Crippen LogP contribution in [0.15, 0.2) is 21.6 Å². The van der Waals surface area contributed by atoms with Gasteiger partial charge in [0.05, 0.1) is 11.6 Å². The number of nitrogens with two attached hydrogens (primary N) is 1. The molecule has 1 aromatic carbocycles. The molecule has 0 saturated carbocycles. The third-order valence-corrected chi connectivity index (χ3v) is 2.30. The normalized spacial score (nSPS) is 11.9. The molecule has 1 aromatic rings. The Hall–Kier alpha value is -0.680. The van der Waals surface area contributed by atoms with Gasteiger partial charge in [-0.3, -0.25) is 0 Å². The first-order valence-electron chi connectivity index (χ1n) is 3.58. The van der Waals surface area contributed by atoms with Gasteiger partial charge in [-0.2, -0.15) is 0 Å². The molecule has 0 aliphatic heterocycles. The van der Waals surface area contributed by atoms with Gasteiger partial charge in [0, 0.05) is 10.5 Å².